The lowest BCUT2D eigenvalue weighted by molar-refractivity contribution is -0.141. The van der Waals surface area contributed by atoms with E-state index < -0.39 is 17.8 Å². The number of thiazole rings is 1. The molecule has 9 heteroatoms. The summed E-state index contributed by atoms with van der Waals surface area (Å²) in [7, 11) is 0. The molecule has 0 radical (unpaired) electrons. The highest BCUT2D eigenvalue weighted by molar-refractivity contribution is 7.16. The standard InChI is InChI=1S/C17H11F3N4OS/c18-17(19,20)13-8-26-16-15(22-9-24(13)16)23-14(25)6-12-5-10-3-1-2-4-11(10)7-21-12/h1-5,7-9H,6H2,(H,23,25). The van der Waals surface area contributed by atoms with Crippen LogP contribution in [0, 0.1) is 0 Å². The van der Waals surface area contributed by atoms with Gasteiger partial charge in [0.15, 0.2) is 5.82 Å². The second kappa shape index (κ2) is 6.10. The number of anilines is 1. The molecule has 0 spiro atoms. The molecule has 3 heterocycles. The fourth-order valence-corrected chi connectivity index (χ4v) is 3.59. The first-order valence-electron chi connectivity index (χ1n) is 7.57. The van der Waals surface area contributed by atoms with Gasteiger partial charge in [0.1, 0.15) is 16.9 Å². The number of benzene rings is 1. The number of alkyl halides is 3. The molecule has 3 aromatic heterocycles. The largest absolute Gasteiger partial charge is 0.432 e. The zero-order valence-corrected chi connectivity index (χ0v) is 13.9. The van der Waals surface area contributed by atoms with Crippen LogP contribution in [0.3, 0.4) is 0 Å². The molecule has 0 aliphatic heterocycles. The van der Waals surface area contributed by atoms with E-state index >= 15 is 0 Å². The number of pyridine rings is 1. The zero-order chi connectivity index (χ0) is 18.3. The maximum Gasteiger partial charge on any atom is 0.432 e. The zero-order valence-electron chi connectivity index (χ0n) is 13.1. The van der Waals surface area contributed by atoms with E-state index in [2.05, 4.69) is 15.3 Å². The summed E-state index contributed by atoms with van der Waals surface area (Å²) in [6.45, 7) is 0. The molecule has 4 aromatic rings. The van der Waals surface area contributed by atoms with Crippen LogP contribution in [-0.4, -0.2) is 20.3 Å². The summed E-state index contributed by atoms with van der Waals surface area (Å²) in [4.78, 5) is 20.6. The van der Waals surface area contributed by atoms with Crippen LogP contribution >= 0.6 is 11.3 Å². The maximum atomic E-state index is 12.9. The SMILES string of the molecule is O=C(Cc1cc2ccccc2cn1)Nc1ncn2c(C(F)(F)F)csc12. The molecule has 0 unspecified atom stereocenters. The summed E-state index contributed by atoms with van der Waals surface area (Å²) in [5, 5.41) is 5.48. The van der Waals surface area contributed by atoms with E-state index in [0.717, 1.165) is 38.2 Å². The Bertz CT molecular complexity index is 1120. The molecule has 132 valence electrons. The summed E-state index contributed by atoms with van der Waals surface area (Å²) in [6.07, 6.45) is -1.74. The van der Waals surface area contributed by atoms with Crippen molar-refractivity contribution in [2.45, 2.75) is 12.6 Å². The van der Waals surface area contributed by atoms with Gasteiger partial charge in [-0.25, -0.2) is 4.98 Å². The van der Waals surface area contributed by atoms with Crippen molar-refractivity contribution in [2.75, 3.05) is 5.32 Å². The summed E-state index contributed by atoms with van der Waals surface area (Å²) >= 11 is 0.874. The van der Waals surface area contributed by atoms with Gasteiger partial charge in [-0.2, -0.15) is 13.2 Å². The van der Waals surface area contributed by atoms with Crippen LogP contribution in [0.25, 0.3) is 15.6 Å². The molecule has 0 saturated heterocycles. The molecule has 0 aliphatic carbocycles. The van der Waals surface area contributed by atoms with Crippen molar-refractivity contribution < 1.29 is 18.0 Å². The van der Waals surface area contributed by atoms with E-state index in [1.165, 1.54) is 0 Å². The number of halogens is 3. The number of imidazole rings is 1. The van der Waals surface area contributed by atoms with Crippen LogP contribution in [-0.2, 0) is 17.4 Å². The topological polar surface area (TPSA) is 59.3 Å². The van der Waals surface area contributed by atoms with Crippen LogP contribution in [0.15, 0.2) is 48.2 Å². The average Bonchev–Trinajstić information content (AvgIpc) is 3.17. The number of fused-ring (bicyclic) bond motifs is 2. The fourth-order valence-electron chi connectivity index (χ4n) is 2.65. The number of amides is 1. The predicted octanol–water partition coefficient (Wildman–Crippen LogP) is 4.14. The number of nitrogens with one attached hydrogen (secondary N) is 1. The molecule has 1 aromatic carbocycles. The van der Waals surface area contributed by atoms with Gasteiger partial charge in [0, 0.05) is 17.0 Å². The maximum absolute atomic E-state index is 12.9. The number of carbonyl (C=O) groups is 1. The minimum absolute atomic E-state index is 0.00135. The van der Waals surface area contributed by atoms with Gasteiger partial charge in [0.25, 0.3) is 0 Å². The van der Waals surface area contributed by atoms with Crippen LogP contribution in [0.1, 0.15) is 11.4 Å². The first-order chi connectivity index (χ1) is 12.4. The molecule has 1 N–H and O–H groups in total. The fraction of sp³-hybridized carbons (Fsp3) is 0.118. The molecule has 0 bridgehead atoms. The van der Waals surface area contributed by atoms with Crippen molar-refractivity contribution in [3.05, 3.63) is 59.6 Å². The molecule has 26 heavy (non-hydrogen) atoms. The van der Waals surface area contributed by atoms with E-state index in [1.807, 2.05) is 30.3 Å². The minimum Gasteiger partial charge on any atom is -0.308 e. The van der Waals surface area contributed by atoms with Crippen molar-refractivity contribution in [2.24, 2.45) is 0 Å². The highest BCUT2D eigenvalue weighted by atomic mass is 32.1. The lowest BCUT2D eigenvalue weighted by atomic mass is 10.1. The lowest BCUT2D eigenvalue weighted by Gasteiger charge is -2.04. The van der Waals surface area contributed by atoms with Gasteiger partial charge in [0.05, 0.1) is 12.1 Å². The summed E-state index contributed by atoms with van der Waals surface area (Å²) in [5.74, 6) is -0.286. The Morgan fingerprint density at radius 2 is 1.96 bits per heavy atom. The van der Waals surface area contributed by atoms with Crippen LogP contribution in [0.5, 0.6) is 0 Å². The summed E-state index contributed by atoms with van der Waals surface area (Å²) in [6, 6.07) is 9.44. The number of hydrogen-bond acceptors (Lipinski definition) is 4. The monoisotopic (exact) mass is 376 g/mol. The van der Waals surface area contributed by atoms with Crippen molar-refractivity contribution in [3.8, 4) is 0 Å². The second-order valence-electron chi connectivity index (χ2n) is 5.63. The molecule has 5 nitrogen and oxygen atoms in total. The first-order valence-corrected chi connectivity index (χ1v) is 8.45. The van der Waals surface area contributed by atoms with Crippen LogP contribution in [0.2, 0.25) is 0 Å². The van der Waals surface area contributed by atoms with Crippen molar-refractivity contribution in [1.82, 2.24) is 14.4 Å². The van der Waals surface area contributed by atoms with Crippen LogP contribution < -0.4 is 5.32 Å². The number of nitrogens with zero attached hydrogens (tertiary/aromatic N) is 3. The Hall–Kier alpha value is -2.94. The molecule has 0 aliphatic rings. The summed E-state index contributed by atoms with van der Waals surface area (Å²) in [5.41, 5.74) is -0.250. The Morgan fingerprint density at radius 1 is 1.19 bits per heavy atom. The second-order valence-corrected chi connectivity index (χ2v) is 6.49. The van der Waals surface area contributed by atoms with E-state index in [4.69, 9.17) is 0 Å². The Kier molecular flexibility index (Phi) is 3.87. The van der Waals surface area contributed by atoms with E-state index in [-0.39, 0.29) is 17.1 Å². The molecule has 0 saturated carbocycles. The molecule has 0 fully saturated rings. The highest BCUT2D eigenvalue weighted by Crippen LogP contribution is 2.34. The van der Waals surface area contributed by atoms with Gasteiger partial charge in [0.2, 0.25) is 5.91 Å². The lowest BCUT2D eigenvalue weighted by Crippen LogP contribution is -2.15. The Morgan fingerprint density at radius 3 is 2.73 bits per heavy atom. The third-order valence-corrected chi connectivity index (χ3v) is 4.80. The number of carbonyl (C=O) groups excluding carboxylic acids is 1. The van der Waals surface area contributed by atoms with Crippen molar-refractivity contribution in [3.63, 3.8) is 0 Å². The van der Waals surface area contributed by atoms with Gasteiger partial charge in [-0.3, -0.25) is 14.2 Å². The highest BCUT2D eigenvalue weighted by Gasteiger charge is 2.35. The van der Waals surface area contributed by atoms with Gasteiger partial charge < -0.3 is 5.32 Å². The van der Waals surface area contributed by atoms with Crippen molar-refractivity contribution >= 4 is 38.7 Å². The quantitative estimate of drug-likeness (QED) is 0.585. The van der Waals surface area contributed by atoms with E-state index in [9.17, 15) is 18.0 Å². The Labute approximate surface area is 149 Å². The van der Waals surface area contributed by atoms with Gasteiger partial charge >= 0.3 is 6.18 Å². The smallest absolute Gasteiger partial charge is 0.308 e. The normalized spacial score (nSPS) is 12.0. The van der Waals surface area contributed by atoms with Crippen LogP contribution in [0.4, 0.5) is 19.0 Å². The van der Waals surface area contributed by atoms with Gasteiger partial charge in [-0.1, -0.05) is 24.3 Å². The third kappa shape index (κ3) is 3.01. The van der Waals surface area contributed by atoms with Gasteiger partial charge in [-0.05, 0) is 11.5 Å². The molecular weight excluding hydrogens is 365 g/mol. The molecule has 1 amide bonds. The minimum atomic E-state index is -4.48. The van der Waals surface area contributed by atoms with E-state index in [0.29, 0.717) is 5.69 Å². The average molecular weight is 376 g/mol. The number of hydrogen-bond donors (Lipinski definition) is 1. The first kappa shape index (κ1) is 16.5. The van der Waals surface area contributed by atoms with E-state index in [1.54, 1.807) is 6.20 Å². The van der Waals surface area contributed by atoms with Gasteiger partial charge in [-0.15, -0.1) is 11.3 Å². The molecule has 0 atom stereocenters. The summed E-state index contributed by atoms with van der Waals surface area (Å²) < 4.78 is 39.6. The molecule has 4 rings (SSSR count). The molecular formula is C17H11F3N4OS. The number of aromatic nitrogens is 3. The number of rotatable bonds is 3. The predicted molar refractivity (Wildman–Crippen MR) is 92.1 cm³/mol. The third-order valence-electron chi connectivity index (χ3n) is 3.84. The van der Waals surface area contributed by atoms with Crippen molar-refractivity contribution in [1.29, 1.82) is 0 Å². The Balaban J connectivity index is 1.54.